The van der Waals surface area contributed by atoms with Gasteiger partial charge >= 0.3 is 0 Å². The Morgan fingerprint density at radius 1 is 1.17 bits per heavy atom. The molecule has 1 atom stereocenters. The summed E-state index contributed by atoms with van der Waals surface area (Å²) in [6.07, 6.45) is -0.722. The number of rotatable bonds is 3. The van der Waals surface area contributed by atoms with Gasteiger partial charge in [-0.05, 0) is 31.0 Å². The van der Waals surface area contributed by atoms with Gasteiger partial charge in [-0.3, -0.25) is 0 Å². The second-order valence-corrected chi connectivity index (χ2v) is 4.37. The van der Waals surface area contributed by atoms with Crippen LogP contribution in [0.5, 0.6) is 5.88 Å². The molecule has 1 aromatic heterocycles. The summed E-state index contributed by atoms with van der Waals surface area (Å²) in [6.45, 7) is 4.03. The lowest BCUT2D eigenvalue weighted by Gasteiger charge is -2.14. The molecule has 3 heteroatoms. The molecule has 1 heterocycles. The van der Waals surface area contributed by atoms with Crippen LogP contribution in [-0.2, 0) is 0 Å². The van der Waals surface area contributed by atoms with Crippen molar-refractivity contribution in [1.29, 1.82) is 0 Å². The van der Waals surface area contributed by atoms with E-state index >= 15 is 0 Å². The summed E-state index contributed by atoms with van der Waals surface area (Å²) in [6, 6.07) is 11.4. The highest BCUT2D eigenvalue weighted by atomic mass is 16.5. The lowest BCUT2D eigenvalue weighted by Crippen LogP contribution is -2.05. The largest absolute Gasteiger partial charge is 0.481 e. The van der Waals surface area contributed by atoms with Gasteiger partial charge in [0, 0.05) is 6.07 Å². The van der Waals surface area contributed by atoms with Crippen LogP contribution in [-0.4, -0.2) is 17.2 Å². The summed E-state index contributed by atoms with van der Waals surface area (Å²) in [4.78, 5) is 4.26. The van der Waals surface area contributed by atoms with Gasteiger partial charge in [0.05, 0.1) is 12.8 Å². The zero-order valence-corrected chi connectivity index (χ0v) is 10.8. The first-order valence-corrected chi connectivity index (χ1v) is 5.88. The van der Waals surface area contributed by atoms with Crippen molar-refractivity contribution in [3.63, 3.8) is 0 Å². The first-order valence-electron chi connectivity index (χ1n) is 5.88. The average Bonchev–Trinajstić information content (AvgIpc) is 2.38. The summed E-state index contributed by atoms with van der Waals surface area (Å²) in [5.41, 5.74) is 3.72. The van der Waals surface area contributed by atoms with E-state index in [1.54, 1.807) is 19.2 Å². The van der Waals surface area contributed by atoms with Crippen molar-refractivity contribution >= 4 is 0 Å². The van der Waals surface area contributed by atoms with Crippen LogP contribution in [0.1, 0.15) is 28.5 Å². The summed E-state index contributed by atoms with van der Waals surface area (Å²) < 4.78 is 5.07. The summed E-state index contributed by atoms with van der Waals surface area (Å²) >= 11 is 0. The lowest BCUT2D eigenvalue weighted by molar-refractivity contribution is 0.213. The zero-order valence-electron chi connectivity index (χ0n) is 10.8. The number of aliphatic hydroxyl groups excluding tert-OH is 1. The van der Waals surface area contributed by atoms with Gasteiger partial charge in [0.1, 0.15) is 6.10 Å². The molecule has 0 radical (unpaired) electrons. The van der Waals surface area contributed by atoms with Gasteiger partial charge in [-0.15, -0.1) is 0 Å². The Morgan fingerprint density at radius 3 is 2.61 bits per heavy atom. The molecule has 0 aliphatic heterocycles. The third-order valence-corrected chi connectivity index (χ3v) is 2.95. The van der Waals surface area contributed by atoms with E-state index in [0.717, 1.165) is 11.1 Å². The Morgan fingerprint density at radius 2 is 1.94 bits per heavy atom. The Balaban J connectivity index is 2.37. The summed E-state index contributed by atoms with van der Waals surface area (Å²) in [7, 11) is 1.57. The number of nitrogens with zero attached hydrogens (tertiary/aromatic N) is 1. The molecule has 18 heavy (non-hydrogen) atoms. The van der Waals surface area contributed by atoms with Crippen LogP contribution >= 0.6 is 0 Å². The number of aryl methyl sites for hydroxylation is 2. The number of ether oxygens (including phenoxy) is 1. The average molecular weight is 243 g/mol. The molecule has 0 saturated heterocycles. The van der Waals surface area contributed by atoms with Crippen molar-refractivity contribution in [1.82, 2.24) is 4.98 Å². The zero-order chi connectivity index (χ0) is 13.1. The number of pyridine rings is 1. The first-order chi connectivity index (χ1) is 8.61. The molecule has 2 rings (SSSR count). The Kier molecular flexibility index (Phi) is 3.63. The van der Waals surface area contributed by atoms with E-state index in [4.69, 9.17) is 4.74 Å². The summed E-state index contributed by atoms with van der Waals surface area (Å²) in [5, 5.41) is 10.4. The first kappa shape index (κ1) is 12.6. The molecule has 94 valence electrons. The minimum absolute atomic E-state index is 0.510. The van der Waals surface area contributed by atoms with Gasteiger partial charge in [-0.2, -0.15) is 0 Å². The van der Waals surface area contributed by atoms with Crippen molar-refractivity contribution in [2.45, 2.75) is 20.0 Å². The minimum Gasteiger partial charge on any atom is -0.481 e. The Hall–Kier alpha value is -1.87. The highest BCUT2D eigenvalue weighted by Gasteiger charge is 2.14. The van der Waals surface area contributed by atoms with Crippen LogP contribution in [0.15, 0.2) is 36.4 Å². The van der Waals surface area contributed by atoms with Gasteiger partial charge in [-0.25, -0.2) is 4.98 Å². The fraction of sp³-hybridized carbons (Fsp3) is 0.267. The Labute approximate surface area is 107 Å². The maximum atomic E-state index is 10.4. The maximum Gasteiger partial charge on any atom is 0.213 e. The smallest absolute Gasteiger partial charge is 0.213 e. The fourth-order valence-corrected chi connectivity index (χ4v) is 1.99. The molecule has 3 nitrogen and oxygen atoms in total. The third-order valence-electron chi connectivity index (χ3n) is 2.95. The summed E-state index contributed by atoms with van der Waals surface area (Å²) in [5.74, 6) is 0.510. The molecule has 0 fully saturated rings. The molecule has 0 aliphatic rings. The van der Waals surface area contributed by atoms with Crippen LogP contribution in [0.25, 0.3) is 0 Å². The number of benzene rings is 1. The van der Waals surface area contributed by atoms with E-state index in [1.807, 2.05) is 32.0 Å². The quantitative estimate of drug-likeness (QED) is 0.901. The van der Waals surface area contributed by atoms with E-state index in [9.17, 15) is 5.11 Å². The molecule has 1 aromatic carbocycles. The van der Waals surface area contributed by atoms with Crippen molar-refractivity contribution in [2.24, 2.45) is 0 Å². The topological polar surface area (TPSA) is 42.4 Å². The van der Waals surface area contributed by atoms with E-state index in [2.05, 4.69) is 11.1 Å². The van der Waals surface area contributed by atoms with Gasteiger partial charge in [-0.1, -0.05) is 29.8 Å². The normalized spacial score (nSPS) is 12.2. The van der Waals surface area contributed by atoms with Crippen LogP contribution in [0.3, 0.4) is 0 Å². The van der Waals surface area contributed by atoms with E-state index in [-0.39, 0.29) is 0 Å². The van der Waals surface area contributed by atoms with Gasteiger partial charge in [0.25, 0.3) is 0 Å². The number of hydrogen-bond donors (Lipinski definition) is 1. The molecule has 0 spiro atoms. The monoisotopic (exact) mass is 243 g/mol. The highest BCUT2D eigenvalue weighted by Crippen LogP contribution is 2.25. The van der Waals surface area contributed by atoms with Gasteiger partial charge < -0.3 is 9.84 Å². The van der Waals surface area contributed by atoms with E-state index < -0.39 is 6.10 Å². The predicted molar refractivity (Wildman–Crippen MR) is 70.8 cm³/mol. The molecule has 0 aliphatic carbocycles. The molecule has 1 N–H and O–H groups in total. The van der Waals surface area contributed by atoms with Crippen LogP contribution < -0.4 is 4.74 Å². The number of aliphatic hydroxyl groups is 1. The van der Waals surface area contributed by atoms with Gasteiger partial charge in [0.15, 0.2) is 0 Å². The van der Waals surface area contributed by atoms with Crippen LogP contribution in [0.4, 0.5) is 0 Å². The minimum atomic E-state index is -0.722. The predicted octanol–water partition coefficient (Wildman–Crippen LogP) is 2.79. The molecular weight excluding hydrogens is 226 g/mol. The van der Waals surface area contributed by atoms with Crippen LogP contribution in [0.2, 0.25) is 0 Å². The SMILES string of the molecule is COc1cccc(C(O)c2ccc(C)cc2C)n1. The molecule has 2 aromatic rings. The molecular formula is C15H17NO2. The second-order valence-electron chi connectivity index (χ2n) is 4.37. The molecule has 0 saturated carbocycles. The van der Waals surface area contributed by atoms with Crippen molar-refractivity contribution in [3.05, 3.63) is 58.8 Å². The van der Waals surface area contributed by atoms with Gasteiger partial charge in [0.2, 0.25) is 5.88 Å². The molecule has 1 unspecified atom stereocenters. The van der Waals surface area contributed by atoms with Crippen LogP contribution in [0, 0.1) is 13.8 Å². The number of methoxy groups -OCH3 is 1. The maximum absolute atomic E-state index is 10.4. The lowest BCUT2D eigenvalue weighted by atomic mass is 9.99. The molecule has 0 amide bonds. The third kappa shape index (κ3) is 2.51. The Bertz CT molecular complexity index is 552. The fourth-order valence-electron chi connectivity index (χ4n) is 1.99. The standard InChI is InChI=1S/C15H17NO2/c1-10-7-8-12(11(2)9-10)15(17)13-5-4-6-14(16-13)18-3/h4-9,15,17H,1-3H3. The number of aromatic nitrogens is 1. The molecule has 0 bridgehead atoms. The highest BCUT2D eigenvalue weighted by molar-refractivity contribution is 5.36. The van der Waals surface area contributed by atoms with E-state index in [0.29, 0.717) is 11.6 Å². The van der Waals surface area contributed by atoms with Crippen molar-refractivity contribution in [2.75, 3.05) is 7.11 Å². The second kappa shape index (κ2) is 5.19. The van der Waals surface area contributed by atoms with Crippen molar-refractivity contribution in [3.8, 4) is 5.88 Å². The number of hydrogen-bond acceptors (Lipinski definition) is 3. The van der Waals surface area contributed by atoms with Crippen molar-refractivity contribution < 1.29 is 9.84 Å². The van der Waals surface area contributed by atoms with E-state index in [1.165, 1.54) is 5.56 Å².